The number of benzene rings is 1. The third kappa shape index (κ3) is 5.00. The zero-order valence-corrected chi connectivity index (χ0v) is 15.6. The third-order valence-electron chi connectivity index (χ3n) is 4.74. The van der Waals surface area contributed by atoms with E-state index in [4.69, 9.17) is 14.2 Å². The molecule has 0 N–H and O–H groups in total. The first-order valence-corrected chi connectivity index (χ1v) is 8.83. The fourth-order valence-corrected chi connectivity index (χ4v) is 3.32. The molecular formula is C20H27NO5. The molecule has 26 heavy (non-hydrogen) atoms. The van der Waals surface area contributed by atoms with Crippen LogP contribution in [0.2, 0.25) is 0 Å². The molecule has 2 rings (SSSR count). The molecule has 142 valence electrons. The van der Waals surface area contributed by atoms with E-state index in [0.29, 0.717) is 12.8 Å². The first kappa shape index (κ1) is 19.8. The fraction of sp³-hybridized carbons (Fsp3) is 0.500. The zero-order chi connectivity index (χ0) is 18.9. The van der Waals surface area contributed by atoms with Crippen LogP contribution in [0.3, 0.4) is 0 Å². The Labute approximate surface area is 154 Å². The predicted molar refractivity (Wildman–Crippen MR) is 97.2 cm³/mol. The van der Waals surface area contributed by atoms with Crippen molar-refractivity contribution in [2.75, 3.05) is 14.2 Å². The van der Waals surface area contributed by atoms with E-state index >= 15 is 0 Å². The Morgan fingerprint density at radius 1 is 1.19 bits per heavy atom. The normalized spacial score (nSPS) is 22.9. The molecule has 0 aromatic heterocycles. The molecule has 1 amide bonds. The van der Waals surface area contributed by atoms with Gasteiger partial charge in [-0.1, -0.05) is 37.3 Å². The fourth-order valence-electron chi connectivity index (χ4n) is 3.32. The van der Waals surface area contributed by atoms with Gasteiger partial charge in [0.15, 0.2) is 0 Å². The summed E-state index contributed by atoms with van der Waals surface area (Å²) >= 11 is 0. The number of carbonyl (C=O) groups is 2. The number of amides is 1. The molecule has 1 aromatic rings. The number of piperidine rings is 1. The van der Waals surface area contributed by atoms with Gasteiger partial charge in [-0.05, 0) is 36.8 Å². The van der Waals surface area contributed by atoms with E-state index < -0.39 is 18.1 Å². The maximum absolute atomic E-state index is 12.8. The molecule has 1 aliphatic rings. The lowest BCUT2D eigenvalue weighted by Crippen LogP contribution is -2.56. The van der Waals surface area contributed by atoms with Crippen LogP contribution < -0.4 is 0 Å². The van der Waals surface area contributed by atoms with E-state index in [-0.39, 0.29) is 18.6 Å². The van der Waals surface area contributed by atoms with Crippen LogP contribution in [0.1, 0.15) is 31.7 Å². The van der Waals surface area contributed by atoms with Crippen molar-refractivity contribution in [3.8, 4) is 0 Å². The van der Waals surface area contributed by atoms with Crippen molar-refractivity contribution in [3.05, 3.63) is 48.2 Å². The molecule has 6 nitrogen and oxygen atoms in total. The highest BCUT2D eigenvalue weighted by Crippen LogP contribution is 2.31. The summed E-state index contributed by atoms with van der Waals surface area (Å²) in [7, 11) is 2.91. The highest BCUT2D eigenvalue weighted by atomic mass is 16.6. The van der Waals surface area contributed by atoms with Gasteiger partial charge in [0.25, 0.3) is 0 Å². The van der Waals surface area contributed by atoms with Gasteiger partial charge in [-0.25, -0.2) is 9.59 Å². The van der Waals surface area contributed by atoms with Crippen molar-refractivity contribution in [1.82, 2.24) is 4.90 Å². The van der Waals surface area contributed by atoms with E-state index in [2.05, 4.69) is 6.92 Å². The average molecular weight is 361 g/mol. The zero-order valence-electron chi connectivity index (χ0n) is 15.6. The van der Waals surface area contributed by atoms with Crippen LogP contribution in [0.25, 0.3) is 0 Å². The summed E-state index contributed by atoms with van der Waals surface area (Å²) in [6.07, 6.45) is 4.95. The van der Waals surface area contributed by atoms with Gasteiger partial charge in [-0.2, -0.15) is 0 Å². The Morgan fingerprint density at radius 3 is 2.58 bits per heavy atom. The van der Waals surface area contributed by atoms with Crippen LogP contribution >= 0.6 is 0 Å². The van der Waals surface area contributed by atoms with Crippen LogP contribution in [0.5, 0.6) is 0 Å². The van der Waals surface area contributed by atoms with Gasteiger partial charge in [0.2, 0.25) is 0 Å². The first-order chi connectivity index (χ1) is 12.6. The molecule has 3 atom stereocenters. The minimum Gasteiger partial charge on any atom is -0.505 e. The molecule has 0 spiro atoms. The van der Waals surface area contributed by atoms with Crippen molar-refractivity contribution in [3.63, 3.8) is 0 Å². The van der Waals surface area contributed by atoms with Gasteiger partial charge >= 0.3 is 12.1 Å². The summed E-state index contributed by atoms with van der Waals surface area (Å²) in [5.41, 5.74) is 0.899. The number of ether oxygens (including phenoxy) is 3. The van der Waals surface area contributed by atoms with Crippen LogP contribution in [0.4, 0.5) is 4.79 Å². The molecule has 0 radical (unpaired) electrons. The molecule has 1 heterocycles. The molecule has 1 saturated heterocycles. The molecule has 0 unspecified atom stereocenters. The second-order valence-corrected chi connectivity index (χ2v) is 6.45. The Kier molecular flexibility index (Phi) is 7.51. The lowest BCUT2D eigenvalue weighted by molar-refractivity contribution is -0.149. The smallest absolute Gasteiger partial charge is 0.411 e. The quantitative estimate of drug-likeness (QED) is 0.573. The van der Waals surface area contributed by atoms with Crippen molar-refractivity contribution < 1.29 is 23.8 Å². The van der Waals surface area contributed by atoms with E-state index in [9.17, 15) is 9.59 Å². The second kappa shape index (κ2) is 9.85. The molecule has 6 heteroatoms. The molecule has 0 bridgehead atoms. The largest absolute Gasteiger partial charge is 0.505 e. The number of nitrogens with zero attached hydrogens (tertiary/aromatic N) is 1. The lowest BCUT2D eigenvalue weighted by Gasteiger charge is -2.43. The van der Waals surface area contributed by atoms with Gasteiger partial charge in [0, 0.05) is 6.04 Å². The van der Waals surface area contributed by atoms with E-state index in [0.717, 1.165) is 12.0 Å². The van der Waals surface area contributed by atoms with Gasteiger partial charge in [0.1, 0.15) is 12.6 Å². The van der Waals surface area contributed by atoms with Crippen molar-refractivity contribution in [2.45, 2.75) is 44.9 Å². The monoisotopic (exact) mass is 361 g/mol. The number of rotatable bonds is 6. The topological polar surface area (TPSA) is 65.1 Å². The minimum atomic E-state index is -0.625. The maximum Gasteiger partial charge on any atom is 0.411 e. The SMILES string of the molecule is CO/C=C/C[C@H]1[C@@H](C)CC[C@@H](C(=O)OC)N1C(=O)OCc1ccccc1. The predicted octanol–water partition coefficient (Wildman–Crippen LogP) is 3.52. The summed E-state index contributed by atoms with van der Waals surface area (Å²) in [4.78, 5) is 26.6. The summed E-state index contributed by atoms with van der Waals surface area (Å²) in [5.74, 6) is -0.170. The lowest BCUT2D eigenvalue weighted by atomic mass is 9.85. The number of hydrogen-bond donors (Lipinski definition) is 0. The standard InChI is InChI=1S/C20H27NO5/c1-15-11-12-18(19(22)25-3)21(17(15)10-7-13-24-2)20(23)26-14-16-8-5-4-6-9-16/h4-9,13,15,17-18H,10-12,14H2,1-3H3/b13-7+/t15-,17-,18-/m0/s1. The van der Waals surface area contributed by atoms with Crippen LogP contribution in [0.15, 0.2) is 42.7 Å². The number of methoxy groups -OCH3 is 2. The van der Waals surface area contributed by atoms with E-state index in [1.165, 1.54) is 7.11 Å². The van der Waals surface area contributed by atoms with E-state index in [1.54, 1.807) is 18.3 Å². The van der Waals surface area contributed by atoms with Gasteiger partial charge < -0.3 is 14.2 Å². The van der Waals surface area contributed by atoms with Gasteiger partial charge in [-0.3, -0.25) is 4.90 Å². The number of hydrogen-bond acceptors (Lipinski definition) is 5. The Morgan fingerprint density at radius 2 is 1.92 bits per heavy atom. The van der Waals surface area contributed by atoms with Gasteiger partial charge in [0.05, 0.1) is 20.5 Å². The van der Waals surface area contributed by atoms with Crippen LogP contribution in [-0.4, -0.2) is 43.3 Å². The minimum absolute atomic E-state index is 0.150. The van der Waals surface area contributed by atoms with E-state index in [1.807, 2.05) is 36.4 Å². The number of likely N-dealkylation sites (tertiary alicyclic amines) is 1. The molecule has 0 aliphatic carbocycles. The Hall–Kier alpha value is -2.50. The number of esters is 1. The highest BCUT2D eigenvalue weighted by Gasteiger charge is 2.42. The average Bonchev–Trinajstić information content (AvgIpc) is 2.67. The summed E-state index contributed by atoms with van der Waals surface area (Å²) < 4.78 is 15.4. The third-order valence-corrected chi connectivity index (χ3v) is 4.74. The second-order valence-electron chi connectivity index (χ2n) is 6.45. The van der Waals surface area contributed by atoms with Gasteiger partial charge in [-0.15, -0.1) is 0 Å². The van der Waals surface area contributed by atoms with Crippen molar-refractivity contribution >= 4 is 12.1 Å². The summed E-state index contributed by atoms with van der Waals surface area (Å²) in [6, 6.07) is 8.70. The van der Waals surface area contributed by atoms with Crippen LogP contribution in [-0.2, 0) is 25.6 Å². The Bertz CT molecular complexity index is 616. The molecule has 1 aromatic carbocycles. The highest BCUT2D eigenvalue weighted by molar-refractivity contribution is 5.82. The first-order valence-electron chi connectivity index (χ1n) is 8.83. The molecule has 0 saturated carbocycles. The summed E-state index contributed by atoms with van der Waals surface area (Å²) in [6.45, 7) is 2.25. The number of carbonyl (C=O) groups excluding carboxylic acids is 2. The van der Waals surface area contributed by atoms with Crippen molar-refractivity contribution in [2.24, 2.45) is 5.92 Å². The van der Waals surface area contributed by atoms with Crippen molar-refractivity contribution in [1.29, 1.82) is 0 Å². The summed E-state index contributed by atoms with van der Waals surface area (Å²) in [5, 5.41) is 0. The molecule has 1 fully saturated rings. The van der Waals surface area contributed by atoms with Crippen LogP contribution in [0, 0.1) is 5.92 Å². The molecular weight excluding hydrogens is 334 g/mol. The Balaban J connectivity index is 2.16. The maximum atomic E-state index is 12.8. The molecule has 1 aliphatic heterocycles.